The van der Waals surface area contributed by atoms with Gasteiger partial charge in [0, 0.05) is 18.6 Å². The molecular formula is C17H25NO2. The van der Waals surface area contributed by atoms with Crippen LogP contribution in [0, 0.1) is 5.41 Å². The van der Waals surface area contributed by atoms with Crippen LogP contribution in [0.3, 0.4) is 0 Å². The summed E-state index contributed by atoms with van der Waals surface area (Å²) in [5.74, 6) is -0.847. The lowest BCUT2D eigenvalue weighted by atomic mass is 9.81. The Morgan fingerprint density at radius 1 is 1.15 bits per heavy atom. The summed E-state index contributed by atoms with van der Waals surface area (Å²) in [7, 11) is 0. The zero-order chi connectivity index (χ0) is 15.1. The fraction of sp³-hybridized carbons (Fsp3) is 0.588. The van der Waals surface area contributed by atoms with Crippen LogP contribution in [0.15, 0.2) is 18.2 Å². The molecule has 0 spiro atoms. The van der Waals surface area contributed by atoms with E-state index in [2.05, 4.69) is 39.5 Å². The van der Waals surface area contributed by atoms with E-state index in [0.717, 1.165) is 25.1 Å². The highest BCUT2D eigenvalue weighted by Crippen LogP contribution is 2.36. The molecule has 1 aromatic rings. The fourth-order valence-electron chi connectivity index (χ4n) is 3.37. The molecule has 0 radical (unpaired) electrons. The maximum atomic E-state index is 11.1. The van der Waals surface area contributed by atoms with Crippen LogP contribution >= 0.6 is 0 Å². The Hall–Kier alpha value is -1.35. The van der Waals surface area contributed by atoms with Gasteiger partial charge in [0.2, 0.25) is 0 Å². The molecule has 0 saturated carbocycles. The number of benzene rings is 1. The first-order chi connectivity index (χ1) is 9.08. The largest absolute Gasteiger partial charge is 0.478 e. The molecule has 0 fully saturated rings. The van der Waals surface area contributed by atoms with E-state index >= 15 is 0 Å². The van der Waals surface area contributed by atoms with E-state index in [1.54, 1.807) is 6.07 Å². The van der Waals surface area contributed by atoms with Gasteiger partial charge in [0.25, 0.3) is 0 Å². The maximum Gasteiger partial charge on any atom is 0.335 e. The van der Waals surface area contributed by atoms with Crippen molar-refractivity contribution in [1.82, 2.24) is 4.90 Å². The van der Waals surface area contributed by atoms with Crippen molar-refractivity contribution < 1.29 is 9.90 Å². The van der Waals surface area contributed by atoms with E-state index in [1.807, 2.05) is 12.1 Å². The molecule has 0 saturated heterocycles. The van der Waals surface area contributed by atoms with Crippen molar-refractivity contribution in [3.05, 3.63) is 34.9 Å². The number of carbonyl (C=O) groups is 1. The molecule has 1 aromatic carbocycles. The van der Waals surface area contributed by atoms with E-state index < -0.39 is 5.97 Å². The van der Waals surface area contributed by atoms with Gasteiger partial charge < -0.3 is 5.11 Å². The summed E-state index contributed by atoms with van der Waals surface area (Å²) in [6.07, 6.45) is 1.11. The van der Waals surface area contributed by atoms with Crippen LogP contribution in [0.25, 0.3) is 0 Å². The van der Waals surface area contributed by atoms with Crippen molar-refractivity contribution in [3.63, 3.8) is 0 Å². The SMILES string of the molecule is CC(C)(C)CC(C)(C)N1Cc2ccc(C(=O)O)cc2C1. The summed E-state index contributed by atoms with van der Waals surface area (Å²) in [4.78, 5) is 13.5. The van der Waals surface area contributed by atoms with Crippen LogP contribution in [-0.4, -0.2) is 21.5 Å². The van der Waals surface area contributed by atoms with Crippen LogP contribution in [0.1, 0.15) is 62.5 Å². The van der Waals surface area contributed by atoms with E-state index in [1.165, 1.54) is 5.56 Å². The topological polar surface area (TPSA) is 40.5 Å². The second kappa shape index (κ2) is 4.88. The summed E-state index contributed by atoms with van der Waals surface area (Å²) < 4.78 is 0. The maximum absolute atomic E-state index is 11.1. The molecular weight excluding hydrogens is 250 g/mol. The zero-order valence-corrected chi connectivity index (χ0v) is 13.2. The number of carboxylic acids is 1. The van der Waals surface area contributed by atoms with Gasteiger partial charge in [0.1, 0.15) is 0 Å². The molecule has 2 rings (SSSR count). The Kier molecular flexibility index (Phi) is 3.67. The van der Waals surface area contributed by atoms with Gasteiger partial charge in [0.05, 0.1) is 5.56 Å². The summed E-state index contributed by atoms with van der Waals surface area (Å²) in [6.45, 7) is 13.1. The van der Waals surface area contributed by atoms with E-state index in [0.29, 0.717) is 5.56 Å². The van der Waals surface area contributed by atoms with Gasteiger partial charge in [-0.05, 0) is 48.9 Å². The van der Waals surface area contributed by atoms with Crippen LogP contribution in [-0.2, 0) is 13.1 Å². The number of hydrogen-bond donors (Lipinski definition) is 1. The predicted molar refractivity (Wildman–Crippen MR) is 80.8 cm³/mol. The molecule has 0 aromatic heterocycles. The summed E-state index contributed by atoms with van der Waals surface area (Å²) in [6, 6.07) is 5.50. The van der Waals surface area contributed by atoms with E-state index in [-0.39, 0.29) is 11.0 Å². The number of aromatic carboxylic acids is 1. The zero-order valence-electron chi connectivity index (χ0n) is 13.2. The van der Waals surface area contributed by atoms with E-state index in [9.17, 15) is 4.79 Å². The molecule has 110 valence electrons. The lowest BCUT2D eigenvalue weighted by Gasteiger charge is -2.40. The molecule has 1 heterocycles. The minimum Gasteiger partial charge on any atom is -0.478 e. The van der Waals surface area contributed by atoms with Gasteiger partial charge >= 0.3 is 5.97 Å². The molecule has 0 atom stereocenters. The van der Waals surface area contributed by atoms with E-state index in [4.69, 9.17) is 5.11 Å². The average molecular weight is 275 g/mol. The lowest BCUT2D eigenvalue weighted by molar-refractivity contribution is 0.0696. The third-order valence-electron chi connectivity index (χ3n) is 3.99. The molecule has 1 aliphatic rings. The number of fused-ring (bicyclic) bond motifs is 1. The summed E-state index contributed by atoms with van der Waals surface area (Å²) >= 11 is 0. The quantitative estimate of drug-likeness (QED) is 0.909. The third-order valence-corrected chi connectivity index (χ3v) is 3.99. The number of carboxylic acid groups (broad SMARTS) is 1. The first-order valence-corrected chi connectivity index (χ1v) is 7.19. The molecule has 3 heteroatoms. The van der Waals surface area contributed by atoms with Gasteiger partial charge in [-0.25, -0.2) is 4.79 Å². The number of rotatable bonds is 3. The van der Waals surface area contributed by atoms with Gasteiger partial charge in [-0.15, -0.1) is 0 Å². The first kappa shape index (κ1) is 15.0. The molecule has 3 nitrogen and oxygen atoms in total. The number of nitrogens with zero attached hydrogens (tertiary/aromatic N) is 1. The Bertz CT molecular complexity index is 526. The summed E-state index contributed by atoms with van der Waals surface area (Å²) in [5, 5.41) is 9.08. The van der Waals surface area contributed by atoms with Crippen LogP contribution in [0.2, 0.25) is 0 Å². The van der Waals surface area contributed by atoms with Gasteiger partial charge in [-0.1, -0.05) is 26.8 Å². The van der Waals surface area contributed by atoms with Crippen molar-refractivity contribution >= 4 is 5.97 Å². The minimum absolute atomic E-state index is 0.112. The molecule has 0 aliphatic carbocycles. The van der Waals surface area contributed by atoms with Crippen LogP contribution in [0.4, 0.5) is 0 Å². The normalized spacial score (nSPS) is 16.2. The minimum atomic E-state index is -0.847. The Balaban J connectivity index is 2.18. The molecule has 0 unspecified atom stereocenters. The highest BCUT2D eigenvalue weighted by atomic mass is 16.4. The van der Waals surface area contributed by atoms with Crippen molar-refractivity contribution in [2.24, 2.45) is 5.41 Å². The molecule has 1 aliphatic heterocycles. The third kappa shape index (κ3) is 3.21. The second-order valence-corrected chi connectivity index (χ2v) is 7.69. The molecule has 20 heavy (non-hydrogen) atoms. The first-order valence-electron chi connectivity index (χ1n) is 7.19. The predicted octanol–water partition coefficient (Wildman–Crippen LogP) is 3.92. The van der Waals surface area contributed by atoms with Crippen molar-refractivity contribution in [2.75, 3.05) is 0 Å². The monoisotopic (exact) mass is 275 g/mol. The van der Waals surface area contributed by atoms with Crippen LogP contribution < -0.4 is 0 Å². The van der Waals surface area contributed by atoms with Gasteiger partial charge in [0.15, 0.2) is 0 Å². The van der Waals surface area contributed by atoms with Crippen LogP contribution in [0.5, 0.6) is 0 Å². The highest BCUT2D eigenvalue weighted by Gasteiger charge is 2.35. The van der Waals surface area contributed by atoms with Gasteiger partial charge in [-0.2, -0.15) is 0 Å². The van der Waals surface area contributed by atoms with Crippen molar-refractivity contribution in [2.45, 2.75) is 59.7 Å². The smallest absolute Gasteiger partial charge is 0.335 e. The molecule has 1 N–H and O–H groups in total. The standard InChI is InChI=1S/C17H25NO2/c1-16(2,3)11-17(4,5)18-9-13-7-6-12(15(19)20)8-14(13)10-18/h6-8H,9-11H2,1-5H3,(H,19,20). The highest BCUT2D eigenvalue weighted by molar-refractivity contribution is 5.87. The number of hydrogen-bond acceptors (Lipinski definition) is 2. The summed E-state index contributed by atoms with van der Waals surface area (Å²) in [5.41, 5.74) is 3.20. The second-order valence-electron chi connectivity index (χ2n) is 7.69. The van der Waals surface area contributed by atoms with Crippen molar-refractivity contribution in [3.8, 4) is 0 Å². The Labute approximate surface area is 121 Å². The molecule has 0 bridgehead atoms. The van der Waals surface area contributed by atoms with Crippen molar-refractivity contribution in [1.29, 1.82) is 0 Å². The Morgan fingerprint density at radius 2 is 1.75 bits per heavy atom. The van der Waals surface area contributed by atoms with Gasteiger partial charge in [-0.3, -0.25) is 4.90 Å². The Morgan fingerprint density at radius 3 is 2.30 bits per heavy atom. The molecule has 0 amide bonds. The lowest BCUT2D eigenvalue weighted by Crippen LogP contribution is -2.43. The fourth-order valence-corrected chi connectivity index (χ4v) is 3.37. The average Bonchev–Trinajstić information content (AvgIpc) is 2.68.